The van der Waals surface area contributed by atoms with Gasteiger partial charge in [-0.1, -0.05) is 58.3 Å². The van der Waals surface area contributed by atoms with Crippen LogP contribution in [0.4, 0.5) is 0 Å². The molecule has 0 aliphatic rings. The predicted octanol–water partition coefficient (Wildman–Crippen LogP) is 4.03. The zero-order valence-electron chi connectivity index (χ0n) is 14.7. The van der Waals surface area contributed by atoms with Gasteiger partial charge in [-0.25, -0.2) is 0 Å². The van der Waals surface area contributed by atoms with Crippen LogP contribution in [0.1, 0.15) is 90.4 Å². The van der Waals surface area contributed by atoms with Crippen molar-refractivity contribution in [2.75, 3.05) is 6.61 Å². The van der Waals surface area contributed by atoms with E-state index in [1.807, 2.05) is 0 Å². The molecule has 23 heavy (non-hydrogen) atoms. The van der Waals surface area contributed by atoms with Gasteiger partial charge in [0.15, 0.2) is 0 Å². The summed E-state index contributed by atoms with van der Waals surface area (Å²) >= 11 is 0. The third kappa shape index (κ3) is 15.6. The fraction of sp³-hybridized carbons (Fsp3) is 0.889. The van der Waals surface area contributed by atoms with Crippen LogP contribution >= 0.6 is 0 Å². The first-order valence-corrected chi connectivity index (χ1v) is 9.22. The molecule has 0 amide bonds. The molecule has 0 aliphatic heterocycles. The maximum atomic E-state index is 11.5. The van der Waals surface area contributed by atoms with Crippen LogP contribution in [-0.2, 0) is 14.3 Å². The molecule has 0 aromatic rings. The van der Waals surface area contributed by atoms with Gasteiger partial charge in [-0.3, -0.25) is 9.59 Å². The lowest BCUT2D eigenvalue weighted by Crippen LogP contribution is -2.29. The second kappa shape index (κ2) is 15.8. The van der Waals surface area contributed by atoms with Gasteiger partial charge < -0.3 is 15.6 Å². The average Bonchev–Trinajstić information content (AvgIpc) is 2.52. The summed E-state index contributed by atoms with van der Waals surface area (Å²) in [5.74, 6) is -1.07. The van der Waals surface area contributed by atoms with E-state index in [1.165, 1.54) is 38.5 Å². The molecule has 136 valence electrons. The monoisotopic (exact) mass is 329 g/mol. The molecule has 0 bridgehead atoms. The lowest BCUT2D eigenvalue weighted by atomic mass is 10.1. The third-order valence-corrected chi connectivity index (χ3v) is 3.97. The third-order valence-electron chi connectivity index (χ3n) is 3.97. The Morgan fingerprint density at radius 1 is 0.913 bits per heavy atom. The number of aliphatic carboxylic acids is 1. The minimum atomic E-state index is -0.957. The number of carboxylic acid groups (broad SMARTS) is 1. The summed E-state index contributed by atoms with van der Waals surface area (Å²) in [5.41, 5.74) is 5.41. The maximum Gasteiger partial charge on any atom is 0.320 e. The largest absolute Gasteiger partial charge is 0.480 e. The molecule has 0 aliphatic carbocycles. The molecule has 0 rings (SSSR count). The van der Waals surface area contributed by atoms with Crippen molar-refractivity contribution in [3.63, 3.8) is 0 Å². The van der Waals surface area contributed by atoms with Gasteiger partial charge in [0.05, 0.1) is 6.61 Å². The highest BCUT2D eigenvalue weighted by Gasteiger charge is 2.10. The van der Waals surface area contributed by atoms with E-state index in [9.17, 15) is 9.59 Å². The number of esters is 1. The van der Waals surface area contributed by atoms with Gasteiger partial charge in [-0.05, 0) is 25.7 Å². The van der Waals surface area contributed by atoms with Gasteiger partial charge in [-0.2, -0.15) is 0 Å². The van der Waals surface area contributed by atoms with Crippen LogP contribution in [0.5, 0.6) is 0 Å². The van der Waals surface area contributed by atoms with Crippen molar-refractivity contribution in [1.29, 1.82) is 0 Å². The lowest BCUT2D eigenvalue weighted by Gasteiger charge is -2.07. The summed E-state index contributed by atoms with van der Waals surface area (Å²) in [5, 5.41) is 8.64. The molecule has 0 radical (unpaired) electrons. The van der Waals surface area contributed by atoms with Crippen molar-refractivity contribution in [2.24, 2.45) is 5.73 Å². The molecule has 1 atom stereocenters. The van der Waals surface area contributed by atoms with Gasteiger partial charge in [0.25, 0.3) is 0 Å². The average molecular weight is 329 g/mol. The molecular formula is C18H35NO4. The Kier molecular flexibility index (Phi) is 15.0. The van der Waals surface area contributed by atoms with Crippen molar-refractivity contribution in [3.8, 4) is 0 Å². The normalized spacial score (nSPS) is 12.1. The minimum Gasteiger partial charge on any atom is -0.480 e. The molecular weight excluding hydrogens is 294 g/mol. The molecule has 5 nitrogen and oxygen atoms in total. The summed E-state index contributed by atoms with van der Waals surface area (Å²) in [6, 6.07) is -0.778. The molecule has 0 heterocycles. The van der Waals surface area contributed by atoms with Crippen molar-refractivity contribution >= 4 is 11.9 Å². The fourth-order valence-corrected chi connectivity index (χ4v) is 2.43. The van der Waals surface area contributed by atoms with Crippen molar-refractivity contribution in [2.45, 2.75) is 96.4 Å². The van der Waals surface area contributed by atoms with E-state index in [2.05, 4.69) is 6.92 Å². The summed E-state index contributed by atoms with van der Waals surface area (Å²) in [6.45, 7) is 2.65. The van der Waals surface area contributed by atoms with E-state index in [1.54, 1.807) is 0 Å². The van der Waals surface area contributed by atoms with E-state index in [-0.39, 0.29) is 5.97 Å². The van der Waals surface area contributed by atoms with Crippen LogP contribution in [-0.4, -0.2) is 29.7 Å². The quantitative estimate of drug-likeness (QED) is 0.329. The highest BCUT2D eigenvalue weighted by Crippen LogP contribution is 2.10. The zero-order chi connectivity index (χ0) is 17.3. The second-order valence-corrected chi connectivity index (χ2v) is 6.24. The highest BCUT2D eigenvalue weighted by molar-refractivity contribution is 5.72. The first-order valence-electron chi connectivity index (χ1n) is 9.22. The van der Waals surface area contributed by atoms with Gasteiger partial charge in [0.1, 0.15) is 6.04 Å². The van der Waals surface area contributed by atoms with Gasteiger partial charge in [0, 0.05) is 6.42 Å². The number of carbonyl (C=O) groups is 2. The van der Waals surface area contributed by atoms with Crippen LogP contribution in [0.3, 0.4) is 0 Å². The standard InChI is InChI=1S/C18H35NO4/c1-2-3-4-5-6-7-8-11-14-17(20)23-15-12-9-10-13-16(19)18(21)22/h16H,2-15,19H2,1H3,(H,21,22). The first-order chi connectivity index (χ1) is 11.1. The fourth-order valence-electron chi connectivity index (χ4n) is 2.43. The molecule has 0 saturated carbocycles. The van der Waals surface area contributed by atoms with Crippen molar-refractivity contribution in [1.82, 2.24) is 0 Å². The first kappa shape index (κ1) is 21.9. The van der Waals surface area contributed by atoms with Crippen LogP contribution < -0.4 is 5.73 Å². The summed E-state index contributed by atoms with van der Waals surface area (Å²) in [4.78, 5) is 22.1. The molecule has 0 aromatic carbocycles. The smallest absolute Gasteiger partial charge is 0.320 e. The molecule has 0 spiro atoms. The lowest BCUT2D eigenvalue weighted by molar-refractivity contribution is -0.144. The number of hydrogen-bond acceptors (Lipinski definition) is 4. The van der Waals surface area contributed by atoms with E-state index >= 15 is 0 Å². The minimum absolute atomic E-state index is 0.113. The zero-order valence-corrected chi connectivity index (χ0v) is 14.7. The Hall–Kier alpha value is -1.10. The van der Waals surface area contributed by atoms with E-state index < -0.39 is 12.0 Å². The Morgan fingerprint density at radius 3 is 2.09 bits per heavy atom. The molecule has 1 unspecified atom stereocenters. The molecule has 5 heteroatoms. The highest BCUT2D eigenvalue weighted by atomic mass is 16.5. The molecule has 3 N–H and O–H groups in total. The van der Waals surface area contributed by atoms with Gasteiger partial charge >= 0.3 is 11.9 Å². The van der Waals surface area contributed by atoms with Crippen molar-refractivity contribution in [3.05, 3.63) is 0 Å². The predicted molar refractivity (Wildman–Crippen MR) is 92.3 cm³/mol. The molecule has 0 saturated heterocycles. The van der Waals surface area contributed by atoms with Gasteiger partial charge in [0.2, 0.25) is 0 Å². The summed E-state index contributed by atoms with van der Waals surface area (Å²) in [7, 11) is 0. The Balaban J connectivity index is 3.26. The van der Waals surface area contributed by atoms with Crippen LogP contribution in [0.25, 0.3) is 0 Å². The van der Waals surface area contributed by atoms with Crippen LogP contribution in [0.2, 0.25) is 0 Å². The number of ether oxygens (including phenoxy) is 1. The number of carboxylic acids is 1. The Labute approximate surface area is 141 Å². The van der Waals surface area contributed by atoms with E-state index in [4.69, 9.17) is 15.6 Å². The van der Waals surface area contributed by atoms with E-state index in [0.29, 0.717) is 19.4 Å². The van der Waals surface area contributed by atoms with Crippen LogP contribution in [0.15, 0.2) is 0 Å². The van der Waals surface area contributed by atoms with Crippen molar-refractivity contribution < 1.29 is 19.4 Å². The number of carbonyl (C=O) groups excluding carboxylic acids is 1. The molecule has 0 aromatic heterocycles. The Bertz CT molecular complexity index is 307. The van der Waals surface area contributed by atoms with Gasteiger partial charge in [-0.15, -0.1) is 0 Å². The summed E-state index contributed by atoms with van der Waals surface area (Å²) in [6.07, 6.45) is 13.1. The number of rotatable bonds is 16. The molecule has 0 fully saturated rings. The Morgan fingerprint density at radius 2 is 1.48 bits per heavy atom. The number of unbranched alkanes of at least 4 members (excludes halogenated alkanes) is 9. The second-order valence-electron chi connectivity index (χ2n) is 6.24. The summed E-state index contributed by atoms with van der Waals surface area (Å²) < 4.78 is 5.17. The SMILES string of the molecule is CCCCCCCCCCC(=O)OCCCCCC(N)C(=O)O. The number of hydrogen-bond donors (Lipinski definition) is 2. The van der Waals surface area contributed by atoms with E-state index in [0.717, 1.165) is 32.1 Å². The van der Waals surface area contributed by atoms with Crippen LogP contribution in [0, 0.1) is 0 Å². The maximum absolute atomic E-state index is 11.5. The number of nitrogens with two attached hydrogens (primary N) is 1. The topological polar surface area (TPSA) is 89.6 Å².